The normalized spacial score (nSPS) is 21.7. The molecule has 1 aliphatic heterocycles. The Morgan fingerprint density at radius 3 is 2.96 bits per heavy atom. The van der Waals surface area contributed by atoms with Gasteiger partial charge in [-0.25, -0.2) is 0 Å². The molecule has 0 spiro atoms. The molecule has 0 radical (unpaired) electrons. The molecule has 23 heavy (non-hydrogen) atoms. The van der Waals surface area contributed by atoms with Crippen LogP contribution in [0.1, 0.15) is 36.4 Å². The summed E-state index contributed by atoms with van der Waals surface area (Å²) in [4.78, 5) is 17.0. The summed E-state index contributed by atoms with van der Waals surface area (Å²) in [5.41, 5.74) is 2.76. The van der Waals surface area contributed by atoms with Crippen molar-refractivity contribution in [1.82, 2.24) is 15.1 Å². The quantitative estimate of drug-likeness (QED) is 0.918. The molecular weight excluding hydrogens is 310 g/mol. The lowest BCUT2D eigenvalue weighted by molar-refractivity contribution is -0.133. The summed E-state index contributed by atoms with van der Waals surface area (Å²) in [6, 6.07) is 8.85. The third-order valence-corrected chi connectivity index (χ3v) is 4.99. The molecule has 3 rings (SSSR count). The molecule has 1 unspecified atom stereocenters. The van der Waals surface area contributed by atoms with Gasteiger partial charge in [-0.05, 0) is 49.9 Å². The van der Waals surface area contributed by atoms with E-state index in [9.17, 15) is 4.79 Å². The van der Waals surface area contributed by atoms with Gasteiger partial charge in [0.15, 0.2) is 0 Å². The van der Waals surface area contributed by atoms with Gasteiger partial charge in [-0.15, -0.1) is 12.4 Å². The van der Waals surface area contributed by atoms with Crippen molar-refractivity contribution in [1.29, 1.82) is 0 Å². The molecule has 5 heteroatoms. The minimum absolute atomic E-state index is 0. The van der Waals surface area contributed by atoms with E-state index >= 15 is 0 Å². The van der Waals surface area contributed by atoms with Gasteiger partial charge in [0.2, 0.25) is 5.91 Å². The van der Waals surface area contributed by atoms with Gasteiger partial charge < -0.3 is 10.2 Å². The summed E-state index contributed by atoms with van der Waals surface area (Å²) in [7, 11) is 1.98. The lowest BCUT2D eigenvalue weighted by Gasteiger charge is -2.34. The van der Waals surface area contributed by atoms with Crippen LogP contribution in [0.4, 0.5) is 0 Å². The zero-order valence-corrected chi connectivity index (χ0v) is 14.8. The highest BCUT2D eigenvalue weighted by Gasteiger charge is 2.27. The second kappa shape index (κ2) is 8.67. The van der Waals surface area contributed by atoms with Crippen LogP contribution in [0.2, 0.25) is 0 Å². The maximum absolute atomic E-state index is 12.7. The maximum atomic E-state index is 12.7. The first kappa shape index (κ1) is 18.2. The van der Waals surface area contributed by atoms with E-state index in [1.807, 2.05) is 11.9 Å². The summed E-state index contributed by atoms with van der Waals surface area (Å²) >= 11 is 0. The van der Waals surface area contributed by atoms with Gasteiger partial charge in [-0.1, -0.05) is 24.3 Å². The van der Waals surface area contributed by atoms with Gasteiger partial charge in [0.05, 0.1) is 12.6 Å². The lowest BCUT2D eigenvalue weighted by atomic mass is 9.87. The van der Waals surface area contributed by atoms with Crippen molar-refractivity contribution in [2.24, 2.45) is 0 Å². The van der Waals surface area contributed by atoms with Crippen molar-refractivity contribution in [2.45, 2.75) is 31.7 Å². The van der Waals surface area contributed by atoms with E-state index in [-0.39, 0.29) is 24.4 Å². The Bertz CT molecular complexity index is 515. The molecular formula is C18H28ClN3O. The van der Waals surface area contributed by atoms with Gasteiger partial charge >= 0.3 is 0 Å². The molecule has 1 aromatic carbocycles. The zero-order chi connectivity index (χ0) is 15.4. The maximum Gasteiger partial charge on any atom is 0.237 e. The number of amides is 1. The fourth-order valence-corrected chi connectivity index (χ4v) is 3.67. The average molecular weight is 338 g/mol. The second-order valence-electron chi connectivity index (χ2n) is 6.49. The molecule has 128 valence electrons. The van der Waals surface area contributed by atoms with Gasteiger partial charge in [0.25, 0.3) is 0 Å². The SMILES string of the molecule is CN(C(=O)CN1CCCNCC1)C1CCCc2ccccc21.Cl. The zero-order valence-electron chi connectivity index (χ0n) is 14.0. The molecule has 1 aromatic rings. The van der Waals surface area contributed by atoms with Crippen molar-refractivity contribution in [2.75, 3.05) is 39.8 Å². The summed E-state index contributed by atoms with van der Waals surface area (Å²) in [5, 5.41) is 3.39. The molecule has 1 aliphatic carbocycles. The van der Waals surface area contributed by atoms with Gasteiger partial charge in [0.1, 0.15) is 0 Å². The van der Waals surface area contributed by atoms with E-state index < -0.39 is 0 Å². The molecule has 0 saturated carbocycles. The first-order valence-corrected chi connectivity index (χ1v) is 8.52. The molecule has 4 nitrogen and oxygen atoms in total. The van der Waals surface area contributed by atoms with Crippen molar-refractivity contribution in [3.63, 3.8) is 0 Å². The molecule has 0 aromatic heterocycles. The number of carbonyl (C=O) groups is 1. The first-order valence-electron chi connectivity index (χ1n) is 8.52. The second-order valence-corrected chi connectivity index (χ2v) is 6.49. The van der Waals surface area contributed by atoms with E-state index in [0.717, 1.165) is 45.4 Å². The van der Waals surface area contributed by atoms with Gasteiger partial charge in [-0.3, -0.25) is 9.69 Å². The summed E-state index contributed by atoms with van der Waals surface area (Å²) in [6.07, 6.45) is 4.53. The fraction of sp³-hybridized carbons (Fsp3) is 0.611. The van der Waals surface area contributed by atoms with Crippen molar-refractivity contribution in [3.05, 3.63) is 35.4 Å². The Labute approximate surface area is 145 Å². The summed E-state index contributed by atoms with van der Waals surface area (Å²) < 4.78 is 0. The fourth-order valence-electron chi connectivity index (χ4n) is 3.67. The summed E-state index contributed by atoms with van der Waals surface area (Å²) in [6.45, 7) is 4.60. The highest BCUT2D eigenvalue weighted by molar-refractivity contribution is 5.85. The Hall–Kier alpha value is -1.10. The highest BCUT2D eigenvalue weighted by Crippen LogP contribution is 2.33. The molecule has 2 aliphatic rings. The number of carbonyl (C=O) groups excluding carboxylic acids is 1. The molecule has 1 saturated heterocycles. The van der Waals surface area contributed by atoms with Crippen LogP contribution in [0.3, 0.4) is 0 Å². The van der Waals surface area contributed by atoms with E-state index in [4.69, 9.17) is 0 Å². The molecule has 0 bridgehead atoms. The van der Waals surface area contributed by atoms with Crippen LogP contribution in [0, 0.1) is 0 Å². The van der Waals surface area contributed by atoms with E-state index in [2.05, 4.69) is 34.5 Å². The van der Waals surface area contributed by atoms with E-state index in [1.165, 1.54) is 17.5 Å². The monoisotopic (exact) mass is 337 g/mol. The van der Waals surface area contributed by atoms with Crippen molar-refractivity contribution in [3.8, 4) is 0 Å². The number of likely N-dealkylation sites (N-methyl/N-ethyl adjacent to an activating group) is 1. The molecule has 1 N–H and O–H groups in total. The first-order chi connectivity index (χ1) is 10.8. The molecule has 1 amide bonds. The minimum atomic E-state index is 0. The van der Waals surface area contributed by atoms with Crippen LogP contribution < -0.4 is 5.32 Å². The van der Waals surface area contributed by atoms with Crippen LogP contribution in [0.15, 0.2) is 24.3 Å². The molecule has 1 atom stereocenters. The Morgan fingerprint density at radius 1 is 1.26 bits per heavy atom. The molecule has 1 fully saturated rings. The third-order valence-electron chi connectivity index (χ3n) is 4.99. The van der Waals surface area contributed by atoms with E-state index in [0.29, 0.717) is 6.54 Å². The number of halogens is 1. The Kier molecular flexibility index (Phi) is 6.88. The Balaban J connectivity index is 0.00000192. The van der Waals surface area contributed by atoms with Crippen LogP contribution in [0.5, 0.6) is 0 Å². The number of nitrogens with one attached hydrogen (secondary N) is 1. The Morgan fingerprint density at radius 2 is 2.09 bits per heavy atom. The number of benzene rings is 1. The average Bonchev–Trinajstić information content (AvgIpc) is 2.82. The number of hydrogen-bond donors (Lipinski definition) is 1. The van der Waals surface area contributed by atoms with E-state index in [1.54, 1.807) is 0 Å². The summed E-state index contributed by atoms with van der Waals surface area (Å²) in [5.74, 6) is 0.253. The largest absolute Gasteiger partial charge is 0.338 e. The van der Waals surface area contributed by atoms with Crippen LogP contribution >= 0.6 is 12.4 Å². The minimum Gasteiger partial charge on any atom is -0.338 e. The number of hydrogen-bond acceptors (Lipinski definition) is 3. The third kappa shape index (κ3) is 4.46. The number of aryl methyl sites for hydroxylation is 1. The lowest BCUT2D eigenvalue weighted by Crippen LogP contribution is -2.42. The van der Waals surface area contributed by atoms with Gasteiger partial charge in [0, 0.05) is 20.1 Å². The highest BCUT2D eigenvalue weighted by atomic mass is 35.5. The smallest absolute Gasteiger partial charge is 0.237 e. The van der Waals surface area contributed by atoms with Crippen LogP contribution in [-0.4, -0.2) is 55.5 Å². The predicted molar refractivity (Wildman–Crippen MR) is 96.1 cm³/mol. The number of rotatable bonds is 3. The van der Waals surface area contributed by atoms with Crippen molar-refractivity contribution < 1.29 is 4.79 Å². The number of fused-ring (bicyclic) bond motifs is 1. The number of nitrogens with zero attached hydrogens (tertiary/aromatic N) is 2. The van der Waals surface area contributed by atoms with Crippen molar-refractivity contribution >= 4 is 18.3 Å². The molecule has 1 heterocycles. The van der Waals surface area contributed by atoms with Gasteiger partial charge in [-0.2, -0.15) is 0 Å². The van der Waals surface area contributed by atoms with Crippen LogP contribution in [-0.2, 0) is 11.2 Å². The standard InChI is InChI=1S/C18H27N3O.ClH/c1-20(18(22)14-21-12-5-10-19-11-13-21)17-9-4-7-15-6-2-3-8-16(15)17;/h2-3,6,8,17,19H,4-5,7,9-14H2,1H3;1H. The predicted octanol–water partition coefficient (Wildman–Crippen LogP) is 2.24. The van der Waals surface area contributed by atoms with Crippen LogP contribution in [0.25, 0.3) is 0 Å². The topological polar surface area (TPSA) is 35.6 Å².